The number of ether oxygens (including phenoxy) is 1. The van der Waals surface area contributed by atoms with Crippen LogP contribution in [0.25, 0.3) is 0 Å². The van der Waals surface area contributed by atoms with Crippen LogP contribution in [0.4, 0.5) is 11.4 Å². The Balaban J connectivity index is 1.48. The number of halogens is 4. The van der Waals surface area contributed by atoms with Crippen LogP contribution in [0.1, 0.15) is 10.4 Å². The third kappa shape index (κ3) is 4.84. The van der Waals surface area contributed by atoms with E-state index in [1.807, 2.05) is 0 Å². The summed E-state index contributed by atoms with van der Waals surface area (Å²) in [5.41, 5.74) is 0.837. The van der Waals surface area contributed by atoms with Gasteiger partial charge in [-0.2, -0.15) is 0 Å². The summed E-state index contributed by atoms with van der Waals surface area (Å²) in [5, 5.41) is 3.54. The Morgan fingerprint density at radius 3 is 2.09 bits per heavy atom. The number of rotatable bonds is 5. The molecule has 0 saturated heterocycles. The number of imide groups is 1. The predicted octanol–water partition coefficient (Wildman–Crippen LogP) is 6.30. The van der Waals surface area contributed by atoms with Crippen LogP contribution in [0.2, 0.25) is 15.1 Å². The maximum atomic E-state index is 12.9. The Bertz CT molecular complexity index is 1310. The molecule has 166 valence electrons. The van der Waals surface area contributed by atoms with Crippen molar-refractivity contribution in [3.05, 3.63) is 98.1 Å². The van der Waals surface area contributed by atoms with Gasteiger partial charge in [0.1, 0.15) is 16.5 Å². The lowest BCUT2D eigenvalue weighted by atomic mass is 10.2. The molecule has 3 aromatic rings. The van der Waals surface area contributed by atoms with Crippen LogP contribution in [0.3, 0.4) is 0 Å². The van der Waals surface area contributed by atoms with E-state index in [2.05, 4.69) is 5.32 Å². The summed E-state index contributed by atoms with van der Waals surface area (Å²) in [7, 11) is 0. The SMILES string of the molecule is O=C(Oc1ccc(Cl)cc1)c1ccc(NC2=C(Cl)C(=O)N(c3ccc(Cl)c(Cl)c3)C2=O)cc1. The van der Waals surface area contributed by atoms with Gasteiger partial charge in [-0.25, -0.2) is 9.69 Å². The van der Waals surface area contributed by atoms with E-state index in [0.29, 0.717) is 16.5 Å². The molecular weight excluding hydrogens is 510 g/mol. The van der Waals surface area contributed by atoms with Gasteiger partial charge in [0.2, 0.25) is 0 Å². The molecule has 0 unspecified atom stereocenters. The van der Waals surface area contributed by atoms with Gasteiger partial charge in [0, 0.05) is 10.7 Å². The Labute approximate surface area is 208 Å². The second-order valence-electron chi connectivity index (χ2n) is 6.78. The minimum Gasteiger partial charge on any atom is -0.423 e. The first-order valence-electron chi connectivity index (χ1n) is 9.33. The molecule has 0 radical (unpaired) electrons. The molecule has 1 N–H and O–H groups in total. The highest BCUT2D eigenvalue weighted by Gasteiger charge is 2.39. The van der Waals surface area contributed by atoms with Crippen molar-refractivity contribution >= 4 is 75.6 Å². The first kappa shape index (κ1) is 23.1. The molecule has 0 spiro atoms. The number of carbonyl (C=O) groups is 3. The van der Waals surface area contributed by atoms with E-state index in [1.54, 1.807) is 36.4 Å². The third-order valence-corrected chi connectivity index (χ3v) is 5.94. The van der Waals surface area contributed by atoms with Gasteiger partial charge in [-0.1, -0.05) is 46.4 Å². The standard InChI is InChI=1S/C23H12Cl4N2O4/c24-13-3-8-16(9-4-13)33-23(32)12-1-5-14(6-2-12)28-20-19(27)21(30)29(22(20)31)15-7-10-17(25)18(26)11-15/h1-11,28H. The zero-order valence-corrected chi connectivity index (χ0v) is 19.5. The van der Waals surface area contributed by atoms with Gasteiger partial charge in [0.25, 0.3) is 11.8 Å². The first-order valence-corrected chi connectivity index (χ1v) is 10.8. The molecule has 0 bridgehead atoms. The number of benzene rings is 3. The second-order valence-corrected chi connectivity index (χ2v) is 8.41. The van der Waals surface area contributed by atoms with E-state index in [9.17, 15) is 14.4 Å². The van der Waals surface area contributed by atoms with Crippen molar-refractivity contribution in [2.75, 3.05) is 10.2 Å². The molecule has 1 aliphatic heterocycles. The molecule has 2 amide bonds. The largest absolute Gasteiger partial charge is 0.423 e. The fourth-order valence-electron chi connectivity index (χ4n) is 2.97. The quantitative estimate of drug-likeness (QED) is 0.242. The molecule has 6 nitrogen and oxygen atoms in total. The Morgan fingerprint density at radius 1 is 0.788 bits per heavy atom. The van der Waals surface area contributed by atoms with E-state index in [4.69, 9.17) is 51.1 Å². The van der Waals surface area contributed by atoms with Gasteiger partial charge in [-0.15, -0.1) is 0 Å². The van der Waals surface area contributed by atoms with Crippen molar-refractivity contribution in [3.63, 3.8) is 0 Å². The molecule has 3 aromatic carbocycles. The fourth-order valence-corrected chi connectivity index (χ4v) is 3.60. The van der Waals surface area contributed by atoms with Crippen LogP contribution in [0.5, 0.6) is 5.75 Å². The van der Waals surface area contributed by atoms with Gasteiger partial charge in [-0.3, -0.25) is 9.59 Å². The molecule has 33 heavy (non-hydrogen) atoms. The van der Waals surface area contributed by atoms with Crippen LogP contribution < -0.4 is 15.0 Å². The van der Waals surface area contributed by atoms with E-state index in [0.717, 1.165) is 4.90 Å². The maximum Gasteiger partial charge on any atom is 0.343 e. The molecule has 4 rings (SSSR count). The van der Waals surface area contributed by atoms with Crippen LogP contribution in [-0.2, 0) is 9.59 Å². The third-order valence-electron chi connectivity index (χ3n) is 4.60. The van der Waals surface area contributed by atoms with E-state index in [1.165, 1.54) is 30.3 Å². The summed E-state index contributed by atoms with van der Waals surface area (Å²) in [6.45, 7) is 0. The molecule has 10 heteroatoms. The predicted molar refractivity (Wildman–Crippen MR) is 128 cm³/mol. The molecular formula is C23H12Cl4N2O4. The van der Waals surface area contributed by atoms with E-state index < -0.39 is 17.8 Å². The molecule has 0 fully saturated rings. The zero-order chi connectivity index (χ0) is 23.7. The van der Waals surface area contributed by atoms with Gasteiger partial charge < -0.3 is 10.1 Å². The smallest absolute Gasteiger partial charge is 0.343 e. The molecule has 1 heterocycles. The van der Waals surface area contributed by atoms with Gasteiger partial charge in [0.15, 0.2) is 0 Å². The number of nitrogens with one attached hydrogen (secondary N) is 1. The number of esters is 1. The Kier molecular flexibility index (Phi) is 6.63. The Morgan fingerprint density at radius 2 is 1.45 bits per heavy atom. The van der Waals surface area contributed by atoms with Crippen molar-refractivity contribution in [2.45, 2.75) is 0 Å². The first-order chi connectivity index (χ1) is 15.7. The number of nitrogens with zero attached hydrogens (tertiary/aromatic N) is 1. The van der Waals surface area contributed by atoms with Crippen LogP contribution in [0, 0.1) is 0 Å². The van der Waals surface area contributed by atoms with Crippen LogP contribution in [0.15, 0.2) is 77.5 Å². The summed E-state index contributed by atoms with van der Waals surface area (Å²) in [5.74, 6) is -1.58. The lowest BCUT2D eigenvalue weighted by Gasteiger charge is -2.15. The number of anilines is 2. The molecule has 0 saturated carbocycles. The van der Waals surface area contributed by atoms with Crippen LogP contribution >= 0.6 is 46.4 Å². The zero-order valence-electron chi connectivity index (χ0n) is 16.4. The summed E-state index contributed by atoms with van der Waals surface area (Å²) in [6, 6.07) is 16.8. The number of hydrogen-bond donors (Lipinski definition) is 1. The van der Waals surface area contributed by atoms with Gasteiger partial charge in [-0.05, 0) is 66.7 Å². The average molecular weight is 522 g/mol. The second kappa shape index (κ2) is 9.45. The van der Waals surface area contributed by atoms with Crippen molar-refractivity contribution in [2.24, 2.45) is 0 Å². The number of amides is 2. The van der Waals surface area contributed by atoms with E-state index >= 15 is 0 Å². The molecule has 0 atom stereocenters. The Hall–Kier alpha value is -3.03. The normalized spacial score (nSPS) is 13.5. The maximum absolute atomic E-state index is 12.9. The highest BCUT2D eigenvalue weighted by atomic mass is 35.5. The van der Waals surface area contributed by atoms with Crippen molar-refractivity contribution in [1.29, 1.82) is 0 Å². The van der Waals surface area contributed by atoms with Crippen molar-refractivity contribution < 1.29 is 19.1 Å². The summed E-state index contributed by atoms with van der Waals surface area (Å²) in [6.07, 6.45) is 0. The number of carbonyl (C=O) groups excluding carboxylic acids is 3. The monoisotopic (exact) mass is 520 g/mol. The summed E-state index contributed by atoms with van der Waals surface area (Å²) >= 11 is 23.9. The molecule has 0 aromatic heterocycles. The highest BCUT2D eigenvalue weighted by Crippen LogP contribution is 2.33. The van der Waals surface area contributed by atoms with Gasteiger partial charge in [0.05, 0.1) is 21.3 Å². The van der Waals surface area contributed by atoms with E-state index in [-0.39, 0.29) is 32.0 Å². The highest BCUT2D eigenvalue weighted by molar-refractivity contribution is 6.53. The minimum absolute atomic E-state index is 0.107. The summed E-state index contributed by atoms with van der Waals surface area (Å²) < 4.78 is 5.28. The lowest BCUT2D eigenvalue weighted by molar-refractivity contribution is -0.120. The van der Waals surface area contributed by atoms with Crippen molar-refractivity contribution in [1.82, 2.24) is 0 Å². The lowest BCUT2D eigenvalue weighted by Crippen LogP contribution is -2.32. The summed E-state index contributed by atoms with van der Waals surface area (Å²) in [4.78, 5) is 38.7. The fraction of sp³-hybridized carbons (Fsp3) is 0. The van der Waals surface area contributed by atoms with Gasteiger partial charge >= 0.3 is 5.97 Å². The minimum atomic E-state index is -0.703. The average Bonchev–Trinajstić information content (AvgIpc) is 3.01. The topological polar surface area (TPSA) is 75.7 Å². The van der Waals surface area contributed by atoms with Crippen molar-refractivity contribution in [3.8, 4) is 5.75 Å². The molecule has 1 aliphatic rings. The molecule has 0 aliphatic carbocycles. The van der Waals surface area contributed by atoms with Crippen LogP contribution in [-0.4, -0.2) is 17.8 Å². The number of hydrogen-bond acceptors (Lipinski definition) is 5.